The molecule has 1 aromatic carbocycles. The van der Waals surface area contributed by atoms with Gasteiger partial charge in [0.2, 0.25) is 0 Å². The highest BCUT2D eigenvalue weighted by Gasteiger charge is 2.27. The Morgan fingerprint density at radius 1 is 1.19 bits per heavy atom. The van der Waals surface area contributed by atoms with Gasteiger partial charge in [-0.3, -0.25) is 4.99 Å². The van der Waals surface area contributed by atoms with Crippen LogP contribution in [-0.4, -0.2) is 60.2 Å². The van der Waals surface area contributed by atoms with Crippen LogP contribution in [0.3, 0.4) is 0 Å². The SMILES string of the molecule is CC(C)(C)OC(=O)N1CCN(C(N)=NCC2Cc3ccccc32)CC1.I. The number of carbonyl (C=O) groups is 1. The third-order valence-electron chi connectivity index (χ3n) is 4.69. The Morgan fingerprint density at radius 2 is 1.81 bits per heavy atom. The van der Waals surface area contributed by atoms with Crippen molar-refractivity contribution in [1.82, 2.24) is 9.80 Å². The Hall–Kier alpha value is -1.51. The first-order chi connectivity index (χ1) is 11.8. The molecule has 144 valence electrons. The second kappa shape index (κ2) is 8.45. The molecular formula is C19H29IN4O2. The number of fused-ring (bicyclic) bond motifs is 1. The topological polar surface area (TPSA) is 71.2 Å². The molecule has 1 atom stereocenters. The predicted octanol–water partition coefficient (Wildman–Crippen LogP) is 2.81. The average molecular weight is 472 g/mol. The van der Waals surface area contributed by atoms with Crippen molar-refractivity contribution in [2.75, 3.05) is 32.7 Å². The standard InChI is InChI=1S/C19H28N4O2.HI/c1-19(2,3)25-18(24)23-10-8-22(9-11-23)17(20)21-13-15-12-14-6-4-5-7-16(14)15;/h4-7,15H,8-13H2,1-3H3,(H2,20,21);1H. The summed E-state index contributed by atoms with van der Waals surface area (Å²) in [6.07, 6.45) is 0.827. The van der Waals surface area contributed by atoms with Crippen molar-refractivity contribution < 1.29 is 9.53 Å². The van der Waals surface area contributed by atoms with Gasteiger partial charge in [-0.15, -0.1) is 24.0 Å². The third kappa shape index (κ3) is 5.02. The van der Waals surface area contributed by atoms with Gasteiger partial charge in [-0.2, -0.15) is 0 Å². The fourth-order valence-electron chi connectivity index (χ4n) is 3.27. The number of guanidine groups is 1. The van der Waals surface area contributed by atoms with Crippen molar-refractivity contribution in [2.24, 2.45) is 10.7 Å². The van der Waals surface area contributed by atoms with Crippen LogP contribution in [0.4, 0.5) is 4.79 Å². The van der Waals surface area contributed by atoms with E-state index in [-0.39, 0.29) is 30.1 Å². The highest BCUT2D eigenvalue weighted by Crippen LogP contribution is 2.34. The molecule has 0 spiro atoms. The maximum absolute atomic E-state index is 12.1. The highest BCUT2D eigenvalue weighted by molar-refractivity contribution is 14.0. The van der Waals surface area contributed by atoms with Gasteiger partial charge in [-0.1, -0.05) is 24.3 Å². The summed E-state index contributed by atoms with van der Waals surface area (Å²) < 4.78 is 5.41. The van der Waals surface area contributed by atoms with Crippen LogP contribution in [0.2, 0.25) is 0 Å². The molecule has 0 radical (unpaired) electrons. The van der Waals surface area contributed by atoms with Gasteiger partial charge in [0.25, 0.3) is 0 Å². The molecule has 1 fully saturated rings. The lowest BCUT2D eigenvalue weighted by Gasteiger charge is -2.36. The first-order valence-electron chi connectivity index (χ1n) is 8.94. The van der Waals surface area contributed by atoms with Crippen LogP contribution in [0.1, 0.15) is 37.8 Å². The number of aliphatic imine (C=N–C) groups is 1. The van der Waals surface area contributed by atoms with Crippen LogP contribution in [0, 0.1) is 0 Å². The number of benzene rings is 1. The van der Waals surface area contributed by atoms with Crippen LogP contribution in [-0.2, 0) is 11.2 Å². The Bertz CT molecular complexity index is 664. The van der Waals surface area contributed by atoms with E-state index in [1.54, 1.807) is 4.90 Å². The summed E-state index contributed by atoms with van der Waals surface area (Å²) in [7, 11) is 0. The molecule has 0 bridgehead atoms. The summed E-state index contributed by atoms with van der Waals surface area (Å²) in [5.41, 5.74) is 8.52. The largest absolute Gasteiger partial charge is 0.444 e. The number of piperazine rings is 1. The van der Waals surface area contributed by atoms with E-state index in [1.165, 1.54) is 11.1 Å². The van der Waals surface area contributed by atoms with Gasteiger partial charge in [0.15, 0.2) is 5.96 Å². The first-order valence-corrected chi connectivity index (χ1v) is 8.94. The van der Waals surface area contributed by atoms with E-state index in [4.69, 9.17) is 10.5 Å². The smallest absolute Gasteiger partial charge is 0.410 e. The molecule has 0 saturated carbocycles. The Morgan fingerprint density at radius 3 is 2.42 bits per heavy atom. The van der Waals surface area contributed by atoms with Gasteiger partial charge in [-0.05, 0) is 38.3 Å². The molecular weight excluding hydrogens is 443 g/mol. The van der Waals surface area contributed by atoms with Crippen molar-refractivity contribution >= 4 is 36.0 Å². The monoisotopic (exact) mass is 472 g/mol. The summed E-state index contributed by atoms with van der Waals surface area (Å²) >= 11 is 0. The summed E-state index contributed by atoms with van der Waals surface area (Å²) in [6.45, 7) is 8.97. The lowest BCUT2D eigenvalue weighted by atomic mass is 9.78. The minimum atomic E-state index is -0.465. The van der Waals surface area contributed by atoms with Crippen LogP contribution >= 0.6 is 24.0 Å². The molecule has 1 heterocycles. The van der Waals surface area contributed by atoms with E-state index in [0.29, 0.717) is 38.1 Å². The molecule has 1 aliphatic heterocycles. The molecule has 7 heteroatoms. The lowest BCUT2D eigenvalue weighted by Crippen LogP contribution is -2.53. The molecule has 1 aliphatic carbocycles. The van der Waals surface area contributed by atoms with E-state index in [0.717, 1.165) is 13.0 Å². The quantitative estimate of drug-likeness (QED) is 0.408. The molecule has 2 N–H and O–H groups in total. The summed E-state index contributed by atoms with van der Waals surface area (Å²) in [5.74, 6) is 1.06. The average Bonchev–Trinajstić information content (AvgIpc) is 2.54. The van der Waals surface area contributed by atoms with Crippen LogP contribution in [0.15, 0.2) is 29.3 Å². The Kier molecular flexibility index (Phi) is 6.76. The molecule has 2 aliphatic rings. The zero-order valence-electron chi connectivity index (χ0n) is 15.8. The molecule has 0 aromatic heterocycles. The summed E-state index contributed by atoms with van der Waals surface area (Å²) in [4.78, 5) is 20.5. The fourth-order valence-corrected chi connectivity index (χ4v) is 3.27. The minimum Gasteiger partial charge on any atom is -0.444 e. The second-order valence-corrected chi connectivity index (χ2v) is 7.75. The zero-order chi connectivity index (χ0) is 18.0. The van der Waals surface area contributed by atoms with Gasteiger partial charge >= 0.3 is 6.09 Å². The van der Waals surface area contributed by atoms with E-state index in [1.807, 2.05) is 25.7 Å². The van der Waals surface area contributed by atoms with Crippen molar-refractivity contribution in [3.05, 3.63) is 35.4 Å². The predicted molar refractivity (Wildman–Crippen MR) is 114 cm³/mol. The molecule has 26 heavy (non-hydrogen) atoms. The van der Waals surface area contributed by atoms with Gasteiger partial charge in [0, 0.05) is 38.6 Å². The molecule has 1 saturated heterocycles. The molecule has 1 amide bonds. The lowest BCUT2D eigenvalue weighted by molar-refractivity contribution is 0.0186. The van der Waals surface area contributed by atoms with E-state index in [9.17, 15) is 4.79 Å². The van der Waals surface area contributed by atoms with E-state index >= 15 is 0 Å². The molecule has 6 nitrogen and oxygen atoms in total. The first kappa shape index (κ1) is 20.8. The zero-order valence-corrected chi connectivity index (χ0v) is 18.1. The summed E-state index contributed by atoms with van der Waals surface area (Å²) in [6, 6.07) is 8.51. The number of hydrogen-bond donors (Lipinski definition) is 1. The van der Waals surface area contributed by atoms with Crippen molar-refractivity contribution in [2.45, 2.75) is 38.7 Å². The van der Waals surface area contributed by atoms with Crippen molar-refractivity contribution in [3.8, 4) is 0 Å². The number of halogens is 1. The second-order valence-electron chi connectivity index (χ2n) is 7.75. The minimum absolute atomic E-state index is 0. The van der Waals surface area contributed by atoms with Crippen molar-refractivity contribution in [3.63, 3.8) is 0 Å². The van der Waals surface area contributed by atoms with Gasteiger partial charge in [0.1, 0.15) is 5.60 Å². The van der Waals surface area contributed by atoms with Crippen LogP contribution in [0.5, 0.6) is 0 Å². The van der Waals surface area contributed by atoms with Crippen LogP contribution in [0.25, 0.3) is 0 Å². The van der Waals surface area contributed by atoms with Crippen molar-refractivity contribution in [1.29, 1.82) is 0 Å². The maximum Gasteiger partial charge on any atom is 0.410 e. The Balaban J connectivity index is 0.00000243. The molecule has 3 rings (SSSR count). The van der Waals surface area contributed by atoms with Gasteiger partial charge < -0.3 is 20.3 Å². The fraction of sp³-hybridized carbons (Fsp3) is 0.579. The number of carbonyl (C=O) groups excluding carboxylic acids is 1. The number of rotatable bonds is 2. The normalized spacial score (nSPS) is 20.0. The van der Waals surface area contributed by atoms with Gasteiger partial charge in [-0.25, -0.2) is 4.79 Å². The van der Waals surface area contributed by atoms with Gasteiger partial charge in [0.05, 0.1) is 0 Å². The number of amides is 1. The maximum atomic E-state index is 12.1. The van der Waals surface area contributed by atoms with E-state index in [2.05, 4.69) is 29.3 Å². The molecule has 1 aromatic rings. The number of nitrogens with zero attached hydrogens (tertiary/aromatic N) is 3. The van der Waals surface area contributed by atoms with Crippen LogP contribution < -0.4 is 5.73 Å². The number of hydrogen-bond acceptors (Lipinski definition) is 3. The highest BCUT2D eigenvalue weighted by atomic mass is 127. The Labute approximate surface area is 172 Å². The molecule has 1 unspecified atom stereocenters. The third-order valence-corrected chi connectivity index (χ3v) is 4.69. The summed E-state index contributed by atoms with van der Waals surface area (Å²) in [5, 5.41) is 0. The number of ether oxygens (including phenoxy) is 1. The number of nitrogens with two attached hydrogens (primary N) is 1. The van der Waals surface area contributed by atoms with E-state index < -0.39 is 5.60 Å².